The molecule has 1 aromatic rings. The van der Waals surface area contributed by atoms with Crippen molar-refractivity contribution in [3.05, 3.63) is 29.8 Å². The molecular weight excluding hydrogens is 290 g/mol. The highest BCUT2D eigenvalue weighted by Crippen LogP contribution is 2.32. The molecule has 0 spiro atoms. The summed E-state index contributed by atoms with van der Waals surface area (Å²) in [7, 11) is -2.88. The van der Waals surface area contributed by atoms with Crippen molar-refractivity contribution in [3.8, 4) is 5.75 Å². The molecule has 6 heteroatoms. The molecule has 1 aromatic carbocycles. The summed E-state index contributed by atoms with van der Waals surface area (Å²) in [6, 6.07) is 6.86. The van der Waals surface area contributed by atoms with E-state index >= 15 is 0 Å². The first-order valence-corrected chi connectivity index (χ1v) is 9.01. The van der Waals surface area contributed by atoms with Gasteiger partial charge in [0.1, 0.15) is 5.75 Å². The molecule has 2 heterocycles. The van der Waals surface area contributed by atoms with Gasteiger partial charge in [0.2, 0.25) is 5.91 Å². The van der Waals surface area contributed by atoms with Crippen molar-refractivity contribution >= 4 is 15.7 Å². The number of hydrogen-bond acceptors (Lipinski definition) is 4. The van der Waals surface area contributed by atoms with Gasteiger partial charge in [0.05, 0.1) is 11.5 Å². The van der Waals surface area contributed by atoms with Crippen LogP contribution in [0.25, 0.3) is 0 Å². The lowest BCUT2D eigenvalue weighted by Crippen LogP contribution is -2.31. The Bertz CT molecular complexity index is 618. The number of rotatable bonds is 3. The van der Waals surface area contributed by atoms with Crippen LogP contribution in [0.1, 0.15) is 12.0 Å². The van der Waals surface area contributed by atoms with Gasteiger partial charge in [-0.2, -0.15) is 0 Å². The standard InChI is InChI=1S/C15H19NO4S/c17-14-4-1-11(2-5-14)3-6-15(18)16-7-12-9-21(19,20)10-13(12)8-16/h1-2,4-5,12-13,17H,3,6-10H2/t12-,13+. The van der Waals surface area contributed by atoms with E-state index in [0.29, 0.717) is 25.9 Å². The number of aryl methyl sites for hydroxylation is 1. The fraction of sp³-hybridized carbons (Fsp3) is 0.533. The lowest BCUT2D eigenvalue weighted by molar-refractivity contribution is -0.130. The van der Waals surface area contributed by atoms with Crippen LogP contribution >= 0.6 is 0 Å². The zero-order valence-electron chi connectivity index (χ0n) is 11.7. The molecule has 0 bridgehead atoms. The number of carbonyl (C=O) groups is 1. The van der Waals surface area contributed by atoms with Gasteiger partial charge in [0.15, 0.2) is 9.84 Å². The SMILES string of the molecule is O=C(CCc1ccc(O)cc1)N1C[C@@H]2CS(=O)(=O)C[C@@H]2C1. The van der Waals surface area contributed by atoms with E-state index in [0.717, 1.165) is 5.56 Å². The van der Waals surface area contributed by atoms with E-state index in [-0.39, 0.29) is 35.0 Å². The lowest BCUT2D eigenvalue weighted by Gasteiger charge is -2.17. The monoisotopic (exact) mass is 309 g/mol. The van der Waals surface area contributed by atoms with Crippen LogP contribution in [0, 0.1) is 11.8 Å². The predicted molar refractivity (Wildman–Crippen MR) is 78.6 cm³/mol. The maximum absolute atomic E-state index is 12.2. The fourth-order valence-corrected chi connectivity index (χ4v) is 5.51. The van der Waals surface area contributed by atoms with Crippen LogP contribution in [-0.4, -0.2) is 48.9 Å². The van der Waals surface area contributed by atoms with Gasteiger partial charge in [-0.25, -0.2) is 8.42 Å². The topological polar surface area (TPSA) is 74.7 Å². The minimum Gasteiger partial charge on any atom is -0.508 e. The third-order valence-corrected chi connectivity index (χ3v) is 6.30. The fourth-order valence-electron chi connectivity index (χ4n) is 3.31. The molecule has 0 radical (unpaired) electrons. The largest absolute Gasteiger partial charge is 0.508 e. The molecule has 2 atom stereocenters. The van der Waals surface area contributed by atoms with Crippen molar-refractivity contribution in [2.24, 2.45) is 11.8 Å². The Morgan fingerprint density at radius 3 is 2.29 bits per heavy atom. The van der Waals surface area contributed by atoms with E-state index in [1.165, 1.54) is 0 Å². The normalized spacial score (nSPS) is 26.8. The summed E-state index contributed by atoms with van der Waals surface area (Å²) in [5.74, 6) is 1.05. The third-order valence-electron chi connectivity index (χ3n) is 4.43. The Labute approximate surface area is 124 Å². The van der Waals surface area contributed by atoms with Crippen molar-refractivity contribution in [1.82, 2.24) is 4.90 Å². The van der Waals surface area contributed by atoms with Crippen molar-refractivity contribution < 1.29 is 18.3 Å². The van der Waals surface area contributed by atoms with Crippen molar-refractivity contribution in [3.63, 3.8) is 0 Å². The van der Waals surface area contributed by atoms with Crippen LogP contribution in [0.3, 0.4) is 0 Å². The molecule has 1 N–H and O–H groups in total. The molecule has 2 fully saturated rings. The second kappa shape index (κ2) is 5.33. The number of sulfone groups is 1. The van der Waals surface area contributed by atoms with E-state index < -0.39 is 9.84 Å². The minimum atomic E-state index is -2.88. The molecular formula is C15H19NO4S. The van der Waals surface area contributed by atoms with Crippen LogP contribution in [0.5, 0.6) is 5.75 Å². The average Bonchev–Trinajstić information content (AvgIpc) is 2.91. The summed E-state index contributed by atoms with van der Waals surface area (Å²) in [5, 5.41) is 9.22. The van der Waals surface area contributed by atoms with Crippen LogP contribution in [0.2, 0.25) is 0 Å². The first-order valence-electron chi connectivity index (χ1n) is 7.19. The second-order valence-electron chi connectivity index (χ2n) is 6.06. The molecule has 3 rings (SSSR count). The number of phenolic OH excluding ortho intramolecular Hbond substituents is 1. The summed E-state index contributed by atoms with van der Waals surface area (Å²) in [6.07, 6.45) is 1.07. The molecule has 0 aromatic heterocycles. The van der Waals surface area contributed by atoms with Crippen LogP contribution in [-0.2, 0) is 21.1 Å². The van der Waals surface area contributed by atoms with Gasteiger partial charge < -0.3 is 10.0 Å². The van der Waals surface area contributed by atoms with E-state index in [2.05, 4.69) is 0 Å². The summed E-state index contributed by atoms with van der Waals surface area (Å²) in [4.78, 5) is 14.0. The highest BCUT2D eigenvalue weighted by Gasteiger charge is 2.44. The number of fused-ring (bicyclic) bond motifs is 1. The van der Waals surface area contributed by atoms with E-state index in [9.17, 15) is 18.3 Å². The maximum atomic E-state index is 12.2. The van der Waals surface area contributed by atoms with Crippen LogP contribution < -0.4 is 0 Å². The van der Waals surface area contributed by atoms with Crippen LogP contribution in [0.15, 0.2) is 24.3 Å². The number of amides is 1. The molecule has 0 saturated carbocycles. The molecule has 1 amide bonds. The summed E-state index contributed by atoms with van der Waals surface area (Å²) < 4.78 is 23.1. The third kappa shape index (κ3) is 3.20. The first-order chi connectivity index (χ1) is 9.93. The van der Waals surface area contributed by atoms with Crippen molar-refractivity contribution in [2.75, 3.05) is 24.6 Å². The molecule has 114 valence electrons. The highest BCUT2D eigenvalue weighted by atomic mass is 32.2. The van der Waals surface area contributed by atoms with Gasteiger partial charge in [-0.05, 0) is 36.0 Å². The number of benzene rings is 1. The summed E-state index contributed by atoms with van der Waals surface area (Å²) in [5.41, 5.74) is 1.02. The Kier molecular flexibility index (Phi) is 3.65. The van der Waals surface area contributed by atoms with E-state index in [1.807, 2.05) is 17.0 Å². The van der Waals surface area contributed by atoms with Gasteiger partial charge in [0, 0.05) is 19.5 Å². The molecule has 2 aliphatic heterocycles. The minimum absolute atomic E-state index is 0.0925. The van der Waals surface area contributed by atoms with E-state index in [4.69, 9.17) is 0 Å². The van der Waals surface area contributed by atoms with Gasteiger partial charge >= 0.3 is 0 Å². The number of carbonyl (C=O) groups excluding carboxylic acids is 1. The van der Waals surface area contributed by atoms with Crippen molar-refractivity contribution in [1.29, 1.82) is 0 Å². The number of likely N-dealkylation sites (tertiary alicyclic amines) is 1. The molecule has 5 nitrogen and oxygen atoms in total. The smallest absolute Gasteiger partial charge is 0.222 e. The number of phenols is 1. The molecule has 0 aliphatic carbocycles. The van der Waals surface area contributed by atoms with Gasteiger partial charge in [-0.15, -0.1) is 0 Å². The Hall–Kier alpha value is -1.56. The van der Waals surface area contributed by atoms with Crippen molar-refractivity contribution in [2.45, 2.75) is 12.8 Å². The maximum Gasteiger partial charge on any atom is 0.222 e. The molecule has 2 saturated heterocycles. The number of hydrogen-bond donors (Lipinski definition) is 1. The van der Waals surface area contributed by atoms with Crippen LogP contribution in [0.4, 0.5) is 0 Å². The first kappa shape index (κ1) is 14.4. The quantitative estimate of drug-likeness (QED) is 0.897. The summed E-state index contributed by atoms with van der Waals surface area (Å²) >= 11 is 0. The lowest BCUT2D eigenvalue weighted by atomic mass is 10.0. The molecule has 21 heavy (non-hydrogen) atoms. The Morgan fingerprint density at radius 1 is 1.14 bits per heavy atom. The predicted octanol–water partition coefficient (Wildman–Crippen LogP) is 0.828. The highest BCUT2D eigenvalue weighted by molar-refractivity contribution is 7.91. The Morgan fingerprint density at radius 2 is 1.71 bits per heavy atom. The average molecular weight is 309 g/mol. The zero-order chi connectivity index (χ0) is 15.0. The second-order valence-corrected chi connectivity index (χ2v) is 8.22. The van der Waals surface area contributed by atoms with Gasteiger partial charge in [-0.1, -0.05) is 12.1 Å². The zero-order valence-corrected chi connectivity index (χ0v) is 12.6. The molecule has 2 aliphatic rings. The number of nitrogens with zero attached hydrogens (tertiary/aromatic N) is 1. The number of aromatic hydroxyl groups is 1. The Balaban J connectivity index is 1.52. The summed E-state index contributed by atoms with van der Waals surface area (Å²) in [6.45, 7) is 1.16. The van der Waals surface area contributed by atoms with Gasteiger partial charge in [0.25, 0.3) is 0 Å². The van der Waals surface area contributed by atoms with E-state index in [1.54, 1.807) is 12.1 Å². The molecule has 0 unspecified atom stereocenters. The van der Waals surface area contributed by atoms with Gasteiger partial charge in [-0.3, -0.25) is 4.79 Å².